The van der Waals surface area contributed by atoms with Crippen LogP contribution < -0.4 is 11.3 Å². The first-order valence-electron chi connectivity index (χ1n) is 13.8. The van der Waals surface area contributed by atoms with Crippen molar-refractivity contribution in [3.63, 3.8) is 0 Å². The van der Waals surface area contributed by atoms with Gasteiger partial charge in [-0.1, -0.05) is 0 Å². The number of methoxy groups -OCH3 is 1. The van der Waals surface area contributed by atoms with Gasteiger partial charge in [-0.15, -0.1) is 24.8 Å². The number of hydrogen-bond donors (Lipinski definition) is 1. The Labute approximate surface area is 234 Å². The van der Waals surface area contributed by atoms with E-state index in [2.05, 4.69) is 61.8 Å². The third kappa shape index (κ3) is 7.82. The fourth-order valence-electron chi connectivity index (χ4n) is 6.49. The van der Waals surface area contributed by atoms with Crippen LogP contribution in [0.2, 0.25) is 6.55 Å². The first-order valence-corrected chi connectivity index (χ1v) is 24.8. The summed E-state index contributed by atoms with van der Waals surface area (Å²) in [5, 5.41) is 0. The summed E-state index contributed by atoms with van der Waals surface area (Å²) in [6.07, 6.45) is 15.5. The van der Waals surface area contributed by atoms with E-state index in [0.717, 1.165) is 5.75 Å². The molecule has 2 atom stereocenters. The summed E-state index contributed by atoms with van der Waals surface area (Å²) in [5.74, 6) is 1.72. The minimum atomic E-state index is -3.09. The normalized spacial score (nSPS) is 22.7. The van der Waals surface area contributed by atoms with Gasteiger partial charge in [0.1, 0.15) is 0 Å². The molecule has 2 aliphatic rings. The van der Waals surface area contributed by atoms with Gasteiger partial charge in [0.25, 0.3) is 0 Å². The van der Waals surface area contributed by atoms with E-state index in [4.69, 9.17) is 4.74 Å². The first-order chi connectivity index (χ1) is 16.0. The third-order valence-corrected chi connectivity index (χ3v) is 33.1. The van der Waals surface area contributed by atoms with Crippen molar-refractivity contribution in [2.75, 3.05) is 7.11 Å². The van der Waals surface area contributed by atoms with Crippen molar-refractivity contribution in [2.24, 2.45) is 5.92 Å². The van der Waals surface area contributed by atoms with Gasteiger partial charge >= 0.3 is 212 Å². The molecule has 1 N–H and O–H groups in total. The van der Waals surface area contributed by atoms with E-state index in [1.807, 2.05) is 10.4 Å². The Morgan fingerprint density at radius 3 is 1.80 bits per heavy atom. The number of nitrogens with one attached hydrogen (secondary N) is 1. The summed E-state index contributed by atoms with van der Waals surface area (Å²) in [5.41, 5.74) is 4.76. The molecule has 1 fully saturated rings. The van der Waals surface area contributed by atoms with Gasteiger partial charge < -0.3 is 0 Å². The van der Waals surface area contributed by atoms with E-state index < -0.39 is 19.7 Å². The molecule has 1 saturated carbocycles. The molecular formula is C29H51Cl2NOSiZr. The van der Waals surface area contributed by atoms with Gasteiger partial charge in [0.05, 0.1) is 0 Å². The molecule has 0 bridgehead atoms. The summed E-state index contributed by atoms with van der Waals surface area (Å²) in [6, 6.07) is 9.74. The minimum Gasteiger partial charge on any atom is -0.147 e. The van der Waals surface area contributed by atoms with Crippen molar-refractivity contribution in [1.29, 1.82) is 0 Å². The molecule has 0 saturated heterocycles. The Kier molecular flexibility index (Phi) is 15.3. The summed E-state index contributed by atoms with van der Waals surface area (Å²) in [4.78, 5) is 0. The second-order valence-electron chi connectivity index (χ2n) is 10.6. The van der Waals surface area contributed by atoms with Crippen molar-refractivity contribution >= 4 is 34.7 Å². The second kappa shape index (κ2) is 16.2. The average Bonchev–Trinajstić information content (AvgIpc) is 3.02. The van der Waals surface area contributed by atoms with Crippen LogP contribution in [0.3, 0.4) is 0 Å². The molecule has 1 aromatic carbocycles. The zero-order chi connectivity index (χ0) is 23.8. The molecule has 1 aromatic rings. The van der Waals surface area contributed by atoms with E-state index in [0.29, 0.717) is 12.0 Å². The molecule has 6 heteroatoms. The Morgan fingerprint density at radius 2 is 1.34 bits per heavy atom. The van der Waals surface area contributed by atoms with E-state index in [-0.39, 0.29) is 31.5 Å². The van der Waals surface area contributed by atoms with Crippen LogP contribution in [-0.2, 0) is 19.7 Å². The number of halogens is 2. The molecular weight excluding hydrogens is 569 g/mol. The van der Waals surface area contributed by atoms with Crippen LogP contribution in [0, 0.1) is 5.92 Å². The zero-order valence-electron chi connectivity index (χ0n) is 23.2. The summed E-state index contributed by atoms with van der Waals surface area (Å²) < 4.78 is 14.1. The van der Waals surface area contributed by atoms with Crippen LogP contribution in [-0.4, -0.2) is 19.8 Å². The number of ether oxygens (including phenoxy) is 1. The van der Waals surface area contributed by atoms with Gasteiger partial charge in [-0.05, 0) is 0 Å². The number of para-hydroxylation sites is 1. The maximum atomic E-state index is 6.04. The minimum absolute atomic E-state index is 0. The molecule has 3 rings (SSSR count). The molecule has 0 amide bonds. The van der Waals surface area contributed by atoms with Crippen LogP contribution in [0.4, 0.5) is 0 Å². The molecule has 200 valence electrons. The number of allylic oxidation sites excluding steroid dienone is 4. The van der Waals surface area contributed by atoms with Crippen LogP contribution in [0.25, 0.3) is 0 Å². The number of hydrogen-bond acceptors (Lipinski definition) is 2. The quantitative estimate of drug-likeness (QED) is 0.327. The Morgan fingerprint density at radius 1 is 0.829 bits per heavy atom. The molecule has 0 radical (unpaired) electrons. The first kappa shape index (κ1) is 33.2. The Balaban J connectivity index is 0.00000306. The van der Waals surface area contributed by atoms with Gasteiger partial charge in [-0.2, -0.15) is 0 Å². The second-order valence-corrected chi connectivity index (χ2v) is 30.6. The van der Waals surface area contributed by atoms with Crippen LogP contribution in [0.15, 0.2) is 44.3 Å². The molecule has 35 heavy (non-hydrogen) atoms. The van der Waals surface area contributed by atoms with E-state index in [1.54, 1.807) is 20.0 Å². The van der Waals surface area contributed by atoms with Gasteiger partial charge in [0.2, 0.25) is 0 Å². The monoisotopic (exact) mass is 617 g/mol. The fourth-order valence-corrected chi connectivity index (χ4v) is 32.1. The van der Waals surface area contributed by atoms with Crippen LogP contribution in [0.5, 0.6) is 5.75 Å². The molecule has 2 aliphatic carbocycles. The largest absolute Gasteiger partial charge is 0.147 e. The molecule has 0 heterocycles. The van der Waals surface area contributed by atoms with Crippen molar-refractivity contribution in [1.82, 2.24) is 3.26 Å². The van der Waals surface area contributed by atoms with Crippen LogP contribution >= 0.6 is 24.8 Å². The van der Waals surface area contributed by atoms with E-state index in [9.17, 15) is 0 Å². The van der Waals surface area contributed by atoms with Crippen molar-refractivity contribution in [3.05, 3.63) is 44.3 Å². The zero-order valence-corrected chi connectivity index (χ0v) is 28.7. The maximum absolute atomic E-state index is 6.04. The molecule has 0 aromatic heterocycles. The Bertz CT molecular complexity index is 847. The summed E-state index contributed by atoms with van der Waals surface area (Å²) >= 11 is -3.09. The Hall–Kier alpha value is 0.140. The predicted octanol–water partition coefficient (Wildman–Crippen LogP) is 7.89. The van der Waals surface area contributed by atoms with Crippen molar-refractivity contribution in [3.8, 4) is 5.75 Å². The number of benzene rings is 1. The van der Waals surface area contributed by atoms with Crippen LogP contribution in [0.1, 0.15) is 98.3 Å². The predicted molar refractivity (Wildman–Crippen MR) is 159 cm³/mol. The van der Waals surface area contributed by atoms with Crippen molar-refractivity contribution in [2.45, 2.75) is 111 Å². The molecule has 2 unspecified atom stereocenters. The standard InChI is InChI=1S/C12H24N.C9H13.C7H7O.CH5Si.2ClH.Zr/c13-12-10-8-6-4-2-1-3-5-7-9-11-12;1-6-5-7(2)9(4)8(6)3;1-8-7-5-3-2-4-6-7;1-2;;;/h12-13H,1-11H2;6H,1-4H3;2-5H,1H3;2H2,1H3;2*1H;/q-1;;;;;;+1. The van der Waals surface area contributed by atoms with Gasteiger partial charge in [0.15, 0.2) is 0 Å². The maximum Gasteiger partial charge on any atom is -0.147 e. The van der Waals surface area contributed by atoms with Gasteiger partial charge in [0, 0.05) is 0 Å². The van der Waals surface area contributed by atoms with E-state index >= 15 is 0 Å². The topological polar surface area (TPSA) is 21.3 Å². The van der Waals surface area contributed by atoms with Crippen molar-refractivity contribution < 1.29 is 24.5 Å². The SMILES string of the molecule is COc1cccc[c]1[Zr]([NH]C1CCCCCCCCCCC1)([SiH2]C)[C]1=C(C)C(C)=C(C)C1C.Cl.Cl. The molecule has 2 nitrogen and oxygen atoms in total. The smallest absolute Gasteiger partial charge is 0.147 e. The third-order valence-electron chi connectivity index (χ3n) is 8.75. The summed E-state index contributed by atoms with van der Waals surface area (Å²) in [6.45, 7) is 11.9. The van der Waals surface area contributed by atoms with E-state index in [1.165, 1.54) is 70.6 Å². The van der Waals surface area contributed by atoms with Gasteiger partial charge in [-0.3, -0.25) is 0 Å². The van der Waals surface area contributed by atoms with Gasteiger partial charge in [-0.25, -0.2) is 0 Å². The summed E-state index contributed by atoms with van der Waals surface area (Å²) in [7, 11) is 1.87. The average molecular weight is 620 g/mol. The fraction of sp³-hybridized carbons (Fsp3) is 0.655. The number of rotatable bonds is 6. The molecule has 0 aliphatic heterocycles. The molecule has 0 spiro atoms.